The molecule has 1 amide bonds. The third kappa shape index (κ3) is 27.9. The summed E-state index contributed by atoms with van der Waals surface area (Å²) in [7, 11) is 0. The first kappa shape index (κ1) is 26.6. The molecule has 0 aliphatic carbocycles. The Kier molecular flexibility index (Phi) is 20.8. The van der Waals surface area contributed by atoms with E-state index >= 15 is 0 Å². The normalized spacial score (nSPS) is 8.50. The van der Waals surface area contributed by atoms with Gasteiger partial charge in [-0.3, -0.25) is 0 Å². The Morgan fingerprint density at radius 2 is 1.46 bits per heavy atom. The van der Waals surface area contributed by atoms with Crippen molar-refractivity contribution in [2.45, 2.75) is 53.4 Å². The fourth-order valence-electron chi connectivity index (χ4n) is 0.959. The lowest BCUT2D eigenvalue weighted by molar-refractivity contribution is -0.139. The van der Waals surface area contributed by atoms with E-state index in [9.17, 15) is 14.4 Å². The van der Waals surface area contributed by atoms with E-state index in [0.29, 0.717) is 18.8 Å². The fourth-order valence-corrected chi connectivity index (χ4v) is 0.959. The maximum absolute atomic E-state index is 10.9. The summed E-state index contributed by atoms with van der Waals surface area (Å²) in [4.78, 5) is 30.1. The second-order valence-corrected chi connectivity index (χ2v) is 4.81. The topological polar surface area (TPSA) is 116 Å². The fraction of sp³-hybridized carbons (Fsp3) is 0.588. The third-order valence-electron chi connectivity index (χ3n) is 2.23. The minimum absolute atomic E-state index is 0.176. The molecule has 7 heteroatoms. The number of unbranched alkanes of at least 4 members (excludes halogenated alkanes) is 3. The van der Waals surface area contributed by atoms with Gasteiger partial charge in [0.1, 0.15) is 0 Å². The van der Waals surface area contributed by atoms with Crippen LogP contribution >= 0.6 is 0 Å². The summed E-state index contributed by atoms with van der Waals surface area (Å²) in [5.41, 5.74) is 5.20. The molecule has 0 atom stereocenters. The van der Waals surface area contributed by atoms with Crippen molar-refractivity contribution in [3.8, 4) is 0 Å². The first-order valence-electron chi connectivity index (χ1n) is 7.73. The van der Waals surface area contributed by atoms with Crippen molar-refractivity contribution in [1.29, 1.82) is 0 Å². The number of hydrogen-bond acceptors (Lipinski definition) is 5. The van der Waals surface area contributed by atoms with Gasteiger partial charge in [0.25, 0.3) is 0 Å². The number of amides is 1. The van der Waals surface area contributed by atoms with Gasteiger partial charge in [0.2, 0.25) is 0 Å². The largest absolute Gasteiger partial charge is 0.478 e. The van der Waals surface area contributed by atoms with E-state index in [4.69, 9.17) is 9.84 Å². The van der Waals surface area contributed by atoms with Crippen molar-refractivity contribution in [2.24, 2.45) is 5.73 Å². The number of carboxylic acid groups (broad SMARTS) is 1. The van der Waals surface area contributed by atoms with Crippen LogP contribution in [0.25, 0.3) is 0 Å². The van der Waals surface area contributed by atoms with Crippen LogP contribution in [0.1, 0.15) is 53.4 Å². The van der Waals surface area contributed by atoms with Crippen molar-refractivity contribution in [3.63, 3.8) is 0 Å². The molecule has 0 bridgehead atoms. The van der Waals surface area contributed by atoms with Gasteiger partial charge in [-0.1, -0.05) is 39.3 Å². The number of ether oxygens (including phenoxy) is 2. The van der Waals surface area contributed by atoms with Gasteiger partial charge in [0, 0.05) is 11.1 Å². The molecule has 24 heavy (non-hydrogen) atoms. The Bertz CT molecular complexity index is 392. The lowest BCUT2D eigenvalue weighted by atomic mass is 10.2. The molecule has 0 radical (unpaired) electrons. The zero-order valence-electron chi connectivity index (χ0n) is 15.2. The summed E-state index contributed by atoms with van der Waals surface area (Å²) in [6.07, 6.45) is 3.81. The van der Waals surface area contributed by atoms with Crippen LogP contribution in [-0.2, 0) is 19.1 Å². The van der Waals surface area contributed by atoms with Gasteiger partial charge in [-0.25, -0.2) is 14.4 Å². The predicted molar refractivity (Wildman–Crippen MR) is 93.6 cm³/mol. The van der Waals surface area contributed by atoms with E-state index in [1.165, 1.54) is 19.8 Å². The van der Waals surface area contributed by atoms with Crippen LogP contribution < -0.4 is 5.73 Å². The van der Waals surface area contributed by atoms with Crippen molar-refractivity contribution < 1.29 is 29.0 Å². The van der Waals surface area contributed by atoms with Crippen LogP contribution in [0, 0.1) is 0 Å². The summed E-state index contributed by atoms with van der Waals surface area (Å²) in [5.74, 6) is -1.21. The van der Waals surface area contributed by atoms with E-state index in [0.717, 1.165) is 12.8 Å². The van der Waals surface area contributed by atoms with Crippen LogP contribution in [0.5, 0.6) is 0 Å². The van der Waals surface area contributed by atoms with E-state index in [1.54, 1.807) is 13.8 Å². The smallest absolute Gasteiger partial charge is 0.404 e. The zero-order chi connectivity index (χ0) is 19.5. The minimum atomic E-state index is -0.935. The van der Waals surface area contributed by atoms with Crippen LogP contribution in [0.2, 0.25) is 0 Å². The summed E-state index contributed by atoms with van der Waals surface area (Å²) >= 11 is 0. The summed E-state index contributed by atoms with van der Waals surface area (Å²) in [6.45, 7) is 14.5. The third-order valence-corrected chi connectivity index (χ3v) is 2.23. The van der Waals surface area contributed by atoms with E-state index < -0.39 is 12.1 Å². The molecule has 0 saturated heterocycles. The molecule has 0 fully saturated rings. The Labute approximate surface area is 144 Å². The highest BCUT2D eigenvalue weighted by atomic mass is 16.5. The SMILES string of the molecule is C=C(C)C(=O)O.C=C(C)C(=O)OCCCCCC.CCOC(N)=O. The Balaban J connectivity index is -0.000000309. The van der Waals surface area contributed by atoms with Crippen molar-refractivity contribution in [3.05, 3.63) is 24.3 Å². The Hall–Kier alpha value is -2.31. The molecule has 140 valence electrons. The number of carbonyl (C=O) groups excluding carboxylic acids is 2. The van der Waals surface area contributed by atoms with Gasteiger partial charge in [0.05, 0.1) is 13.2 Å². The lowest BCUT2D eigenvalue weighted by Gasteiger charge is -2.02. The second kappa shape index (κ2) is 18.7. The molecular weight excluding hydrogens is 314 g/mol. The van der Waals surface area contributed by atoms with Crippen LogP contribution in [-0.4, -0.2) is 36.4 Å². The molecule has 0 aliphatic rings. The quantitative estimate of drug-likeness (QED) is 0.395. The number of aliphatic carboxylic acids is 1. The Morgan fingerprint density at radius 3 is 1.71 bits per heavy atom. The number of esters is 1. The number of carbonyl (C=O) groups is 3. The standard InChI is InChI=1S/C10H18O2.C4H6O2.C3H7NO2/c1-4-5-6-7-8-12-10(11)9(2)3;1-3(2)4(5)6;1-2-6-3(4)5/h2,4-8H2,1,3H3;1H2,2H3,(H,5,6);2H2,1H3,(H2,4,5). The van der Waals surface area contributed by atoms with Gasteiger partial charge in [-0.15, -0.1) is 0 Å². The molecule has 0 saturated carbocycles. The maximum atomic E-state index is 10.9. The highest BCUT2D eigenvalue weighted by Crippen LogP contribution is 2.00. The molecule has 0 aliphatic heterocycles. The molecule has 0 aromatic carbocycles. The van der Waals surface area contributed by atoms with E-state index in [1.807, 2.05) is 0 Å². The molecule has 0 heterocycles. The van der Waals surface area contributed by atoms with Crippen LogP contribution in [0.15, 0.2) is 24.3 Å². The molecule has 0 aromatic rings. The first-order chi connectivity index (χ1) is 11.1. The highest BCUT2D eigenvalue weighted by molar-refractivity contribution is 5.86. The molecular formula is C17H31NO6. The highest BCUT2D eigenvalue weighted by Gasteiger charge is 2.01. The van der Waals surface area contributed by atoms with Crippen LogP contribution in [0.4, 0.5) is 4.79 Å². The molecule has 0 rings (SSSR count). The molecule has 0 spiro atoms. The second-order valence-electron chi connectivity index (χ2n) is 4.81. The van der Waals surface area contributed by atoms with Gasteiger partial charge in [0.15, 0.2) is 0 Å². The van der Waals surface area contributed by atoms with E-state index in [-0.39, 0.29) is 11.5 Å². The van der Waals surface area contributed by atoms with Crippen LogP contribution in [0.3, 0.4) is 0 Å². The number of carboxylic acids is 1. The number of nitrogens with two attached hydrogens (primary N) is 1. The lowest BCUT2D eigenvalue weighted by Crippen LogP contribution is -2.11. The first-order valence-corrected chi connectivity index (χ1v) is 7.73. The summed E-state index contributed by atoms with van der Waals surface area (Å²) < 4.78 is 9.09. The molecule has 3 N–H and O–H groups in total. The number of hydrogen-bond donors (Lipinski definition) is 2. The molecule has 0 aromatic heterocycles. The van der Waals surface area contributed by atoms with E-state index in [2.05, 4.69) is 30.6 Å². The monoisotopic (exact) mass is 345 g/mol. The average molecular weight is 345 g/mol. The van der Waals surface area contributed by atoms with Gasteiger partial charge >= 0.3 is 18.0 Å². The average Bonchev–Trinajstić information content (AvgIpc) is 2.47. The van der Waals surface area contributed by atoms with Crippen molar-refractivity contribution in [2.75, 3.05) is 13.2 Å². The van der Waals surface area contributed by atoms with Gasteiger partial charge in [-0.05, 0) is 27.2 Å². The summed E-state index contributed by atoms with van der Waals surface area (Å²) in [6, 6.07) is 0. The molecule has 7 nitrogen and oxygen atoms in total. The summed E-state index contributed by atoms with van der Waals surface area (Å²) in [5, 5.41) is 7.89. The predicted octanol–water partition coefficient (Wildman–Crippen LogP) is 3.43. The van der Waals surface area contributed by atoms with Crippen molar-refractivity contribution in [1.82, 2.24) is 0 Å². The number of primary amides is 1. The van der Waals surface area contributed by atoms with Crippen molar-refractivity contribution >= 4 is 18.0 Å². The van der Waals surface area contributed by atoms with Gasteiger partial charge < -0.3 is 20.3 Å². The minimum Gasteiger partial charge on any atom is -0.478 e. The molecule has 0 unspecified atom stereocenters. The zero-order valence-corrected chi connectivity index (χ0v) is 15.2. The van der Waals surface area contributed by atoms with Gasteiger partial charge in [-0.2, -0.15) is 0 Å². The maximum Gasteiger partial charge on any atom is 0.404 e. The number of rotatable bonds is 8. The Morgan fingerprint density at radius 1 is 0.958 bits per heavy atom.